The zero-order chi connectivity index (χ0) is 23.6. The van der Waals surface area contributed by atoms with E-state index in [1.807, 2.05) is 20.8 Å². The second-order valence-corrected chi connectivity index (χ2v) is 14.0. The van der Waals surface area contributed by atoms with E-state index in [2.05, 4.69) is 23.5 Å². The van der Waals surface area contributed by atoms with Crippen molar-refractivity contribution in [2.45, 2.75) is 138 Å². The molecular weight excluding hydrogens is 440 g/mol. The summed E-state index contributed by atoms with van der Waals surface area (Å²) < 4.78 is 0. The van der Waals surface area contributed by atoms with Crippen molar-refractivity contribution >= 4 is 35.5 Å². The topological polar surface area (TPSA) is 74.6 Å². The van der Waals surface area contributed by atoms with Crippen LogP contribution in [0, 0.1) is 11.3 Å². The lowest BCUT2D eigenvalue weighted by atomic mass is 9.87. The van der Waals surface area contributed by atoms with E-state index in [9.17, 15) is 14.7 Å². The molecule has 0 saturated carbocycles. The third kappa shape index (κ3) is 10.3. The fourth-order valence-electron chi connectivity index (χ4n) is 4.97. The van der Waals surface area contributed by atoms with E-state index in [1.54, 1.807) is 0 Å². The molecule has 6 heteroatoms. The molecule has 5 unspecified atom stereocenters. The molecule has 2 fully saturated rings. The van der Waals surface area contributed by atoms with Gasteiger partial charge in [-0.15, -0.1) is 0 Å². The maximum atomic E-state index is 11.2. The number of aliphatic carboxylic acids is 2. The maximum absolute atomic E-state index is 11.2. The monoisotopic (exact) mass is 486 g/mol. The molecule has 0 amide bonds. The van der Waals surface area contributed by atoms with Gasteiger partial charge in [-0.2, -0.15) is 23.5 Å². The lowest BCUT2D eigenvalue weighted by Gasteiger charge is -2.19. The Morgan fingerprint density at radius 3 is 1.66 bits per heavy atom. The van der Waals surface area contributed by atoms with Crippen molar-refractivity contribution in [3.05, 3.63) is 0 Å². The van der Waals surface area contributed by atoms with Crippen LogP contribution in [0.15, 0.2) is 0 Å². The molecule has 5 atom stereocenters. The van der Waals surface area contributed by atoms with Crippen molar-refractivity contribution in [3.8, 4) is 0 Å². The van der Waals surface area contributed by atoms with Gasteiger partial charge < -0.3 is 10.2 Å². The smallest absolute Gasteiger partial charge is 0.309 e. The van der Waals surface area contributed by atoms with Gasteiger partial charge in [0, 0.05) is 21.0 Å². The molecule has 2 N–H and O–H groups in total. The first-order valence-electron chi connectivity index (χ1n) is 12.9. The SMILES string of the molecule is CC(CCCCC1CCC(CCCC2CCC(CCCCC(C)(C)C(=O)O)S2)S1)C(=O)O. The Kier molecular flexibility index (Phi) is 12.3. The maximum Gasteiger partial charge on any atom is 0.309 e. The average molecular weight is 487 g/mol. The third-order valence-corrected chi connectivity index (χ3v) is 10.9. The lowest BCUT2D eigenvalue weighted by Crippen LogP contribution is -2.23. The minimum atomic E-state index is -0.676. The minimum absolute atomic E-state index is 0.198. The van der Waals surface area contributed by atoms with Crippen LogP contribution in [0.4, 0.5) is 0 Å². The number of carboxylic acid groups (broad SMARTS) is 2. The summed E-state index contributed by atoms with van der Waals surface area (Å²) in [6.07, 6.45) is 18.0. The molecule has 0 aromatic rings. The third-order valence-electron chi connectivity index (χ3n) is 7.43. The number of carboxylic acids is 2. The predicted octanol–water partition coefficient (Wildman–Crippen LogP) is 7.64. The van der Waals surface area contributed by atoms with Crippen molar-refractivity contribution in [1.29, 1.82) is 0 Å². The normalized spacial score (nSPS) is 27.0. The van der Waals surface area contributed by atoms with Gasteiger partial charge in [0.25, 0.3) is 0 Å². The minimum Gasteiger partial charge on any atom is -0.481 e. The first-order valence-corrected chi connectivity index (χ1v) is 14.8. The molecule has 2 saturated heterocycles. The molecule has 0 spiro atoms. The van der Waals surface area contributed by atoms with E-state index in [0.717, 1.165) is 53.1 Å². The average Bonchev–Trinajstić information content (AvgIpc) is 3.38. The van der Waals surface area contributed by atoms with Crippen molar-refractivity contribution < 1.29 is 19.8 Å². The van der Waals surface area contributed by atoms with Crippen LogP contribution in [-0.4, -0.2) is 43.2 Å². The van der Waals surface area contributed by atoms with Crippen LogP contribution < -0.4 is 0 Å². The van der Waals surface area contributed by atoms with Crippen LogP contribution in [0.25, 0.3) is 0 Å². The van der Waals surface area contributed by atoms with Crippen LogP contribution in [0.1, 0.15) is 117 Å². The molecule has 32 heavy (non-hydrogen) atoms. The van der Waals surface area contributed by atoms with Crippen LogP contribution in [0.5, 0.6) is 0 Å². The summed E-state index contributed by atoms with van der Waals surface area (Å²) in [4.78, 5) is 22.1. The van der Waals surface area contributed by atoms with E-state index >= 15 is 0 Å². The van der Waals surface area contributed by atoms with E-state index in [1.165, 1.54) is 64.2 Å². The molecule has 2 aliphatic rings. The number of rotatable bonds is 16. The van der Waals surface area contributed by atoms with E-state index in [4.69, 9.17) is 5.11 Å². The Morgan fingerprint density at radius 1 is 0.781 bits per heavy atom. The Bertz CT molecular complexity index is 580. The molecule has 0 bridgehead atoms. The van der Waals surface area contributed by atoms with Crippen molar-refractivity contribution in [2.75, 3.05) is 0 Å². The fraction of sp³-hybridized carbons (Fsp3) is 0.923. The lowest BCUT2D eigenvalue weighted by molar-refractivity contribution is -0.147. The molecule has 186 valence electrons. The molecule has 0 aliphatic carbocycles. The highest BCUT2D eigenvalue weighted by molar-refractivity contribution is 8.01. The Hall–Kier alpha value is -0.360. The Labute approximate surface area is 204 Å². The molecule has 2 rings (SSSR count). The molecule has 4 nitrogen and oxygen atoms in total. The Morgan fingerprint density at radius 2 is 1.22 bits per heavy atom. The first-order chi connectivity index (χ1) is 15.2. The van der Waals surface area contributed by atoms with Crippen molar-refractivity contribution in [3.63, 3.8) is 0 Å². The van der Waals surface area contributed by atoms with Gasteiger partial charge in [0.15, 0.2) is 0 Å². The van der Waals surface area contributed by atoms with Gasteiger partial charge in [-0.25, -0.2) is 0 Å². The molecule has 2 aliphatic heterocycles. The molecule has 0 radical (unpaired) electrons. The molecule has 0 aromatic heterocycles. The van der Waals surface area contributed by atoms with Gasteiger partial charge in [0.1, 0.15) is 0 Å². The van der Waals surface area contributed by atoms with Gasteiger partial charge in [-0.05, 0) is 78.1 Å². The highest BCUT2D eigenvalue weighted by Crippen LogP contribution is 2.42. The summed E-state index contributed by atoms with van der Waals surface area (Å²) in [6, 6.07) is 0. The van der Waals surface area contributed by atoms with E-state index in [-0.39, 0.29) is 5.92 Å². The number of carbonyl (C=O) groups is 2. The second kappa shape index (κ2) is 14.1. The summed E-state index contributed by atoms with van der Waals surface area (Å²) in [5.74, 6) is -1.53. The van der Waals surface area contributed by atoms with Crippen LogP contribution in [0.2, 0.25) is 0 Å². The quantitative estimate of drug-likeness (QED) is 0.218. The van der Waals surface area contributed by atoms with E-state index in [0.29, 0.717) is 0 Å². The molecule has 2 heterocycles. The summed E-state index contributed by atoms with van der Waals surface area (Å²) in [7, 11) is 0. The Balaban J connectivity index is 1.48. The number of unbranched alkanes of at least 4 members (excludes halogenated alkanes) is 2. The standard InChI is InChI=1S/C26H46O4S2/c1-19(24(27)28)9-4-5-10-20-14-16-22(31-20)12-8-13-23-17-15-21(32-23)11-6-7-18-26(2,3)25(29)30/h19-23H,4-18H2,1-3H3,(H,27,28)(H,29,30). The highest BCUT2D eigenvalue weighted by atomic mass is 32.2. The van der Waals surface area contributed by atoms with Gasteiger partial charge >= 0.3 is 11.9 Å². The van der Waals surface area contributed by atoms with Crippen molar-refractivity contribution in [1.82, 2.24) is 0 Å². The molecular formula is C26H46O4S2. The first kappa shape index (κ1) is 27.9. The summed E-state index contributed by atoms with van der Waals surface area (Å²) in [5, 5.41) is 21.5. The summed E-state index contributed by atoms with van der Waals surface area (Å²) in [6.45, 7) is 5.49. The largest absolute Gasteiger partial charge is 0.481 e. The zero-order valence-electron chi connectivity index (χ0n) is 20.5. The van der Waals surface area contributed by atoms with Gasteiger partial charge in [-0.1, -0.05) is 39.0 Å². The van der Waals surface area contributed by atoms with Gasteiger partial charge in [-0.3, -0.25) is 9.59 Å². The predicted molar refractivity (Wildman–Crippen MR) is 138 cm³/mol. The van der Waals surface area contributed by atoms with Gasteiger partial charge in [0.05, 0.1) is 11.3 Å². The summed E-state index contributed by atoms with van der Waals surface area (Å²) >= 11 is 4.42. The van der Waals surface area contributed by atoms with Crippen LogP contribution in [0.3, 0.4) is 0 Å². The van der Waals surface area contributed by atoms with Gasteiger partial charge in [0.2, 0.25) is 0 Å². The number of thioether (sulfide) groups is 2. The number of hydrogen-bond acceptors (Lipinski definition) is 4. The van der Waals surface area contributed by atoms with Crippen LogP contribution >= 0.6 is 23.5 Å². The fourth-order valence-corrected chi connectivity index (χ4v) is 8.36. The van der Waals surface area contributed by atoms with E-state index < -0.39 is 17.4 Å². The molecule has 0 aromatic carbocycles. The zero-order valence-corrected chi connectivity index (χ0v) is 22.2. The highest BCUT2D eigenvalue weighted by Gasteiger charge is 2.29. The van der Waals surface area contributed by atoms with Crippen molar-refractivity contribution in [2.24, 2.45) is 11.3 Å². The summed E-state index contributed by atoms with van der Waals surface area (Å²) in [5.41, 5.74) is -0.582. The van der Waals surface area contributed by atoms with Crippen LogP contribution in [-0.2, 0) is 9.59 Å². The number of hydrogen-bond donors (Lipinski definition) is 2. The second-order valence-electron chi connectivity index (χ2n) is 10.8.